The van der Waals surface area contributed by atoms with E-state index in [-0.39, 0.29) is 6.61 Å². The summed E-state index contributed by atoms with van der Waals surface area (Å²) >= 11 is 0. The molecule has 1 N–H and O–H groups in total. The molecule has 0 atom stereocenters. The van der Waals surface area contributed by atoms with E-state index in [1.807, 2.05) is 0 Å². The molecule has 0 amide bonds. The van der Waals surface area contributed by atoms with Crippen molar-refractivity contribution in [3.8, 4) is 5.75 Å². The number of ether oxygens (including phenoxy) is 2. The van der Waals surface area contributed by atoms with E-state index in [4.69, 9.17) is 14.6 Å². The van der Waals surface area contributed by atoms with Gasteiger partial charge in [-0.15, -0.1) is 0 Å². The molecule has 18 heavy (non-hydrogen) atoms. The van der Waals surface area contributed by atoms with E-state index in [9.17, 15) is 9.59 Å². The van der Waals surface area contributed by atoms with Crippen molar-refractivity contribution in [3.05, 3.63) is 29.8 Å². The maximum Gasteiger partial charge on any atom is 0.323 e. The summed E-state index contributed by atoms with van der Waals surface area (Å²) < 4.78 is 10.0. The van der Waals surface area contributed by atoms with Crippen molar-refractivity contribution in [1.82, 2.24) is 0 Å². The fourth-order valence-electron chi connectivity index (χ4n) is 1.64. The highest BCUT2D eigenvalue weighted by Crippen LogP contribution is 2.47. The average molecular weight is 250 g/mol. The molecule has 0 bridgehead atoms. The molecule has 1 fully saturated rings. The smallest absolute Gasteiger partial charge is 0.323 e. The Morgan fingerprint density at radius 3 is 2.33 bits per heavy atom. The lowest BCUT2D eigenvalue weighted by molar-refractivity contribution is -0.162. The van der Waals surface area contributed by atoms with Crippen molar-refractivity contribution in [2.75, 3.05) is 7.11 Å². The summed E-state index contributed by atoms with van der Waals surface area (Å²) in [5.74, 6) is -1.03. The van der Waals surface area contributed by atoms with Gasteiger partial charge in [0.15, 0.2) is 5.41 Å². The molecule has 0 heterocycles. The van der Waals surface area contributed by atoms with Gasteiger partial charge in [0.1, 0.15) is 12.4 Å². The minimum atomic E-state index is -1.29. The highest BCUT2D eigenvalue weighted by atomic mass is 16.5. The number of hydrogen-bond acceptors (Lipinski definition) is 4. The number of methoxy groups -OCH3 is 1. The SMILES string of the molecule is COc1ccc(COC(=O)C2(C(=O)O)CC2)cc1. The molecule has 1 saturated carbocycles. The summed E-state index contributed by atoms with van der Waals surface area (Å²) in [7, 11) is 1.57. The second kappa shape index (κ2) is 4.68. The Morgan fingerprint density at radius 1 is 1.28 bits per heavy atom. The molecular formula is C13H14O5. The van der Waals surface area contributed by atoms with Crippen molar-refractivity contribution in [1.29, 1.82) is 0 Å². The summed E-state index contributed by atoms with van der Waals surface area (Å²) in [4.78, 5) is 22.5. The molecule has 2 rings (SSSR count). The van der Waals surface area contributed by atoms with Gasteiger partial charge in [0.25, 0.3) is 0 Å². The number of aliphatic carboxylic acids is 1. The first-order valence-corrected chi connectivity index (χ1v) is 5.62. The second-order valence-electron chi connectivity index (χ2n) is 4.31. The summed E-state index contributed by atoms with van der Waals surface area (Å²) in [6.45, 7) is 0.0812. The van der Waals surface area contributed by atoms with E-state index < -0.39 is 17.4 Å². The van der Waals surface area contributed by atoms with Gasteiger partial charge >= 0.3 is 11.9 Å². The second-order valence-corrected chi connectivity index (χ2v) is 4.31. The van der Waals surface area contributed by atoms with Gasteiger partial charge in [-0.05, 0) is 30.5 Å². The third kappa shape index (κ3) is 2.30. The van der Waals surface area contributed by atoms with Gasteiger partial charge < -0.3 is 14.6 Å². The van der Waals surface area contributed by atoms with Crippen molar-refractivity contribution in [3.63, 3.8) is 0 Å². The first kappa shape index (κ1) is 12.4. The lowest BCUT2D eigenvalue weighted by Crippen LogP contribution is -2.27. The monoisotopic (exact) mass is 250 g/mol. The van der Waals surface area contributed by atoms with Crippen LogP contribution in [0.2, 0.25) is 0 Å². The first-order valence-electron chi connectivity index (χ1n) is 5.62. The first-order chi connectivity index (χ1) is 8.58. The van der Waals surface area contributed by atoms with Crippen molar-refractivity contribution in [2.45, 2.75) is 19.4 Å². The lowest BCUT2D eigenvalue weighted by atomic mass is 10.1. The Kier molecular flexibility index (Phi) is 3.23. The summed E-state index contributed by atoms with van der Waals surface area (Å²) in [6, 6.07) is 7.05. The van der Waals surface area contributed by atoms with Crippen molar-refractivity contribution < 1.29 is 24.2 Å². The van der Waals surface area contributed by atoms with Gasteiger partial charge in [-0.25, -0.2) is 0 Å². The number of carboxylic acids is 1. The van der Waals surface area contributed by atoms with E-state index >= 15 is 0 Å². The maximum atomic E-state index is 11.6. The summed E-state index contributed by atoms with van der Waals surface area (Å²) in [5.41, 5.74) is -0.489. The van der Waals surface area contributed by atoms with E-state index in [1.54, 1.807) is 31.4 Å². The number of carboxylic acid groups (broad SMARTS) is 1. The highest BCUT2D eigenvalue weighted by molar-refractivity contribution is 6.02. The Balaban J connectivity index is 1.91. The molecule has 0 aromatic heterocycles. The highest BCUT2D eigenvalue weighted by Gasteiger charge is 2.58. The third-order valence-electron chi connectivity index (χ3n) is 3.08. The maximum absolute atomic E-state index is 11.6. The van der Waals surface area contributed by atoms with Crippen LogP contribution in [0.15, 0.2) is 24.3 Å². The van der Waals surface area contributed by atoms with Crippen LogP contribution in [0.1, 0.15) is 18.4 Å². The van der Waals surface area contributed by atoms with E-state index in [0.29, 0.717) is 18.6 Å². The minimum Gasteiger partial charge on any atom is -0.497 e. The topological polar surface area (TPSA) is 72.8 Å². The Labute approximate surface area is 104 Å². The van der Waals surface area contributed by atoms with Crippen molar-refractivity contribution >= 4 is 11.9 Å². The predicted octanol–water partition coefficient (Wildman–Crippen LogP) is 1.60. The molecule has 0 unspecified atom stereocenters. The number of carbonyl (C=O) groups is 2. The predicted molar refractivity (Wildman–Crippen MR) is 62.1 cm³/mol. The molecule has 1 aromatic rings. The number of benzene rings is 1. The van der Waals surface area contributed by atoms with Crippen LogP contribution in [0.3, 0.4) is 0 Å². The van der Waals surface area contributed by atoms with Gasteiger partial charge in [-0.3, -0.25) is 9.59 Å². The molecule has 1 aliphatic rings. The summed E-state index contributed by atoms with van der Waals surface area (Å²) in [6.07, 6.45) is 0.730. The van der Waals surface area contributed by atoms with Crippen LogP contribution in [-0.4, -0.2) is 24.2 Å². The van der Waals surface area contributed by atoms with Crippen molar-refractivity contribution in [2.24, 2.45) is 5.41 Å². The quantitative estimate of drug-likeness (QED) is 0.634. The third-order valence-corrected chi connectivity index (χ3v) is 3.08. The van der Waals surface area contributed by atoms with E-state index in [1.165, 1.54) is 0 Å². The largest absolute Gasteiger partial charge is 0.497 e. The molecule has 1 aromatic carbocycles. The zero-order valence-corrected chi connectivity index (χ0v) is 10.0. The van der Waals surface area contributed by atoms with Crippen LogP contribution in [0, 0.1) is 5.41 Å². The zero-order chi connectivity index (χ0) is 13.2. The standard InChI is InChI=1S/C13H14O5/c1-17-10-4-2-9(3-5-10)8-18-12(16)13(6-7-13)11(14)15/h2-5H,6-8H2,1H3,(H,14,15). The molecule has 1 aliphatic carbocycles. The van der Waals surface area contributed by atoms with Crippen LogP contribution in [-0.2, 0) is 20.9 Å². The lowest BCUT2D eigenvalue weighted by Gasteiger charge is -2.10. The number of rotatable bonds is 5. The number of esters is 1. The molecule has 5 heteroatoms. The molecule has 0 aliphatic heterocycles. The molecule has 0 radical (unpaired) electrons. The molecular weight excluding hydrogens is 236 g/mol. The molecule has 0 spiro atoms. The van der Waals surface area contributed by atoms with E-state index in [2.05, 4.69) is 0 Å². The Hall–Kier alpha value is -2.04. The molecule has 5 nitrogen and oxygen atoms in total. The fourth-order valence-corrected chi connectivity index (χ4v) is 1.64. The number of hydrogen-bond donors (Lipinski definition) is 1. The van der Waals surface area contributed by atoms with Gasteiger partial charge in [-0.2, -0.15) is 0 Å². The Morgan fingerprint density at radius 2 is 1.89 bits per heavy atom. The van der Waals surface area contributed by atoms with Crippen LogP contribution in [0.5, 0.6) is 5.75 Å². The number of carbonyl (C=O) groups excluding carboxylic acids is 1. The van der Waals surface area contributed by atoms with Crippen LogP contribution >= 0.6 is 0 Å². The van der Waals surface area contributed by atoms with Crippen LogP contribution < -0.4 is 4.74 Å². The van der Waals surface area contributed by atoms with Gasteiger partial charge in [0.2, 0.25) is 0 Å². The normalized spacial score (nSPS) is 15.8. The van der Waals surface area contributed by atoms with Crippen LogP contribution in [0.25, 0.3) is 0 Å². The molecule has 96 valence electrons. The van der Waals surface area contributed by atoms with Gasteiger partial charge in [0.05, 0.1) is 7.11 Å². The van der Waals surface area contributed by atoms with E-state index in [0.717, 1.165) is 5.56 Å². The summed E-state index contributed by atoms with van der Waals surface area (Å²) in [5, 5.41) is 8.92. The Bertz CT molecular complexity index is 459. The van der Waals surface area contributed by atoms with Crippen LogP contribution in [0.4, 0.5) is 0 Å². The average Bonchev–Trinajstić information content (AvgIpc) is 3.18. The minimum absolute atomic E-state index is 0.0812. The zero-order valence-electron chi connectivity index (χ0n) is 10.0. The fraction of sp³-hybridized carbons (Fsp3) is 0.385. The van der Waals surface area contributed by atoms with Gasteiger partial charge in [0, 0.05) is 0 Å². The molecule has 0 saturated heterocycles. The van der Waals surface area contributed by atoms with Gasteiger partial charge in [-0.1, -0.05) is 12.1 Å².